The van der Waals surface area contributed by atoms with Crippen LogP contribution in [0, 0.1) is 5.92 Å². The van der Waals surface area contributed by atoms with Gasteiger partial charge < -0.3 is 14.2 Å². The first-order chi connectivity index (χ1) is 11.2. The second-order valence-corrected chi connectivity index (χ2v) is 5.95. The highest BCUT2D eigenvalue weighted by atomic mass is 16.5. The van der Waals surface area contributed by atoms with Crippen LogP contribution in [0.3, 0.4) is 0 Å². The predicted molar refractivity (Wildman–Crippen MR) is 85.9 cm³/mol. The van der Waals surface area contributed by atoms with Gasteiger partial charge in [-0.15, -0.1) is 10.2 Å². The maximum atomic E-state index is 12.7. The van der Waals surface area contributed by atoms with Crippen molar-refractivity contribution in [3.8, 4) is 5.75 Å². The van der Waals surface area contributed by atoms with Crippen LogP contribution in [-0.4, -0.2) is 39.2 Å². The summed E-state index contributed by atoms with van der Waals surface area (Å²) in [5, 5.41) is 8.07. The number of carbonyl (C=O) groups excluding carboxylic acids is 1. The lowest BCUT2D eigenvalue weighted by molar-refractivity contribution is -0.136. The Morgan fingerprint density at radius 2 is 2.26 bits per heavy atom. The number of ether oxygens (including phenoxy) is 1. The normalized spacial score (nSPS) is 16.5. The Bertz CT molecular complexity index is 683. The molecule has 0 aliphatic carbocycles. The van der Waals surface area contributed by atoms with Crippen LogP contribution in [0.25, 0.3) is 0 Å². The molecule has 1 atom stereocenters. The van der Waals surface area contributed by atoms with Gasteiger partial charge in [0.2, 0.25) is 5.91 Å². The van der Waals surface area contributed by atoms with E-state index in [1.165, 1.54) is 0 Å². The van der Waals surface area contributed by atoms with Crippen LogP contribution in [0.5, 0.6) is 5.75 Å². The van der Waals surface area contributed by atoms with Crippen molar-refractivity contribution in [3.63, 3.8) is 0 Å². The molecule has 0 radical (unpaired) electrons. The zero-order valence-corrected chi connectivity index (χ0v) is 13.6. The molecule has 6 nitrogen and oxygen atoms in total. The minimum atomic E-state index is -0.141. The molecule has 6 heteroatoms. The second-order valence-electron chi connectivity index (χ2n) is 5.95. The summed E-state index contributed by atoms with van der Waals surface area (Å²) in [7, 11) is 1.81. The van der Waals surface area contributed by atoms with Crippen molar-refractivity contribution in [2.24, 2.45) is 5.92 Å². The van der Waals surface area contributed by atoms with Crippen LogP contribution in [0.15, 0.2) is 30.6 Å². The molecule has 1 aliphatic rings. The first kappa shape index (κ1) is 15.5. The SMILES string of the molecule is CCCn1cnnc1CN(C)C(=O)[C@@H]1COc2ccccc2C1. The van der Waals surface area contributed by atoms with Gasteiger partial charge in [0.25, 0.3) is 0 Å². The maximum Gasteiger partial charge on any atom is 0.229 e. The van der Waals surface area contributed by atoms with Gasteiger partial charge >= 0.3 is 0 Å². The van der Waals surface area contributed by atoms with Gasteiger partial charge in [0.05, 0.1) is 12.5 Å². The van der Waals surface area contributed by atoms with E-state index in [0.29, 0.717) is 13.2 Å². The molecule has 23 heavy (non-hydrogen) atoms. The fourth-order valence-electron chi connectivity index (χ4n) is 2.92. The van der Waals surface area contributed by atoms with Crippen LogP contribution in [0.1, 0.15) is 24.7 Å². The number of nitrogens with zero attached hydrogens (tertiary/aromatic N) is 4. The summed E-state index contributed by atoms with van der Waals surface area (Å²) >= 11 is 0. The molecule has 1 aromatic carbocycles. The molecular formula is C17H22N4O2. The molecule has 122 valence electrons. The van der Waals surface area contributed by atoms with Crippen LogP contribution >= 0.6 is 0 Å². The van der Waals surface area contributed by atoms with Crippen molar-refractivity contribution in [3.05, 3.63) is 42.0 Å². The number of amides is 1. The van der Waals surface area contributed by atoms with Crippen LogP contribution in [-0.2, 0) is 24.3 Å². The standard InChI is InChI=1S/C17H22N4O2/c1-3-8-21-12-18-19-16(21)10-20(2)17(22)14-9-13-6-4-5-7-15(13)23-11-14/h4-7,12,14H,3,8-11H2,1-2H3/t14-/m0/s1. The van der Waals surface area contributed by atoms with Gasteiger partial charge in [0, 0.05) is 13.6 Å². The zero-order chi connectivity index (χ0) is 16.2. The van der Waals surface area contributed by atoms with Gasteiger partial charge in [-0.25, -0.2) is 0 Å². The highest BCUT2D eigenvalue weighted by Crippen LogP contribution is 2.27. The van der Waals surface area contributed by atoms with Crippen molar-refractivity contribution in [2.45, 2.75) is 32.9 Å². The Kier molecular flexibility index (Phi) is 4.60. The molecule has 1 aromatic heterocycles. The van der Waals surface area contributed by atoms with Crippen LogP contribution in [0.2, 0.25) is 0 Å². The smallest absolute Gasteiger partial charge is 0.229 e. The summed E-state index contributed by atoms with van der Waals surface area (Å²) in [6, 6.07) is 7.90. The number of hydrogen-bond acceptors (Lipinski definition) is 4. The molecule has 0 fully saturated rings. The van der Waals surface area contributed by atoms with Crippen molar-refractivity contribution < 1.29 is 9.53 Å². The van der Waals surface area contributed by atoms with E-state index in [0.717, 1.165) is 36.5 Å². The molecule has 2 heterocycles. The fourth-order valence-corrected chi connectivity index (χ4v) is 2.92. The molecule has 3 rings (SSSR count). The van der Waals surface area contributed by atoms with Gasteiger partial charge in [0.15, 0.2) is 5.82 Å². The summed E-state index contributed by atoms with van der Waals surface area (Å²) in [6.07, 6.45) is 3.45. The van der Waals surface area contributed by atoms with Gasteiger partial charge in [-0.1, -0.05) is 25.1 Å². The molecule has 0 N–H and O–H groups in total. The highest BCUT2D eigenvalue weighted by Gasteiger charge is 2.28. The largest absolute Gasteiger partial charge is 0.492 e. The Morgan fingerprint density at radius 3 is 3.09 bits per heavy atom. The first-order valence-corrected chi connectivity index (χ1v) is 8.01. The van der Waals surface area contributed by atoms with Crippen molar-refractivity contribution in [1.82, 2.24) is 19.7 Å². The van der Waals surface area contributed by atoms with E-state index in [-0.39, 0.29) is 11.8 Å². The number of para-hydroxylation sites is 1. The van der Waals surface area contributed by atoms with Crippen LogP contribution in [0.4, 0.5) is 0 Å². The Hall–Kier alpha value is -2.37. The monoisotopic (exact) mass is 314 g/mol. The Morgan fingerprint density at radius 1 is 1.43 bits per heavy atom. The van der Waals surface area contributed by atoms with E-state index < -0.39 is 0 Å². The molecule has 1 amide bonds. The summed E-state index contributed by atoms with van der Waals surface area (Å²) < 4.78 is 7.72. The minimum Gasteiger partial charge on any atom is -0.492 e. The number of rotatable bonds is 5. The number of fused-ring (bicyclic) bond motifs is 1. The van der Waals surface area contributed by atoms with Gasteiger partial charge in [-0.05, 0) is 24.5 Å². The van der Waals surface area contributed by atoms with Gasteiger partial charge in [-0.2, -0.15) is 0 Å². The predicted octanol–water partition coefficient (Wildman–Crippen LogP) is 1.90. The maximum absolute atomic E-state index is 12.7. The molecule has 0 bridgehead atoms. The van der Waals surface area contributed by atoms with Gasteiger partial charge in [0.1, 0.15) is 18.7 Å². The third-order valence-electron chi connectivity index (χ3n) is 4.14. The molecule has 0 saturated carbocycles. The van der Waals surface area contributed by atoms with E-state index in [4.69, 9.17) is 4.74 Å². The average molecular weight is 314 g/mol. The first-order valence-electron chi connectivity index (χ1n) is 8.01. The molecule has 0 saturated heterocycles. The van der Waals surface area contributed by atoms with E-state index in [1.807, 2.05) is 35.9 Å². The van der Waals surface area contributed by atoms with Crippen LogP contribution < -0.4 is 4.74 Å². The van der Waals surface area contributed by atoms with Crippen molar-refractivity contribution >= 4 is 5.91 Å². The quantitative estimate of drug-likeness (QED) is 0.846. The number of aromatic nitrogens is 3. The minimum absolute atomic E-state index is 0.0885. The Labute approximate surface area is 136 Å². The third kappa shape index (κ3) is 3.36. The van der Waals surface area contributed by atoms with Crippen molar-refractivity contribution in [2.75, 3.05) is 13.7 Å². The molecule has 0 spiro atoms. The summed E-state index contributed by atoms with van der Waals surface area (Å²) in [5.41, 5.74) is 1.10. The molecule has 2 aromatic rings. The van der Waals surface area contributed by atoms with E-state index in [2.05, 4.69) is 17.1 Å². The zero-order valence-electron chi connectivity index (χ0n) is 13.6. The highest BCUT2D eigenvalue weighted by molar-refractivity contribution is 5.79. The second kappa shape index (κ2) is 6.81. The lowest BCUT2D eigenvalue weighted by Gasteiger charge is -2.28. The molecular weight excluding hydrogens is 292 g/mol. The molecule has 1 aliphatic heterocycles. The number of benzene rings is 1. The lowest BCUT2D eigenvalue weighted by Crippen LogP contribution is -2.38. The fraction of sp³-hybridized carbons (Fsp3) is 0.471. The van der Waals surface area contributed by atoms with E-state index in [9.17, 15) is 4.79 Å². The van der Waals surface area contributed by atoms with E-state index >= 15 is 0 Å². The Balaban J connectivity index is 1.65. The summed E-state index contributed by atoms with van der Waals surface area (Å²) in [5.74, 6) is 1.66. The summed E-state index contributed by atoms with van der Waals surface area (Å²) in [4.78, 5) is 14.4. The van der Waals surface area contributed by atoms with Crippen molar-refractivity contribution in [1.29, 1.82) is 0 Å². The average Bonchev–Trinajstić information content (AvgIpc) is 3.01. The third-order valence-corrected chi connectivity index (χ3v) is 4.14. The lowest BCUT2D eigenvalue weighted by atomic mass is 9.95. The number of carbonyl (C=O) groups is 1. The molecule has 0 unspecified atom stereocenters. The topological polar surface area (TPSA) is 60.2 Å². The number of hydrogen-bond donors (Lipinski definition) is 0. The summed E-state index contributed by atoms with van der Waals surface area (Å²) in [6.45, 7) is 3.87. The van der Waals surface area contributed by atoms with Gasteiger partial charge in [-0.3, -0.25) is 4.79 Å². The van der Waals surface area contributed by atoms with E-state index in [1.54, 1.807) is 11.2 Å². The number of aryl methyl sites for hydroxylation is 1.